The molecule has 0 saturated heterocycles. The molecule has 0 spiro atoms. The summed E-state index contributed by atoms with van der Waals surface area (Å²) in [6.07, 6.45) is -5.17. The Morgan fingerprint density at radius 2 is 1.67 bits per heavy atom. The Morgan fingerprint density at radius 3 is 2.22 bits per heavy atom. The Balaban J connectivity index is 1.92. The molecule has 2 rings (SSSR count). The third-order valence-electron chi connectivity index (χ3n) is 4.12. The second kappa shape index (κ2) is 8.03. The fourth-order valence-electron chi connectivity index (χ4n) is 2.48. The molecule has 1 amide bonds. The van der Waals surface area contributed by atoms with Crippen molar-refractivity contribution in [1.82, 2.24) is 5.32 Å². The van der Waals surface area contributed by atoms with Crippen LogP contribution in [0.4, 0.5) is 13.2 Å². The SMILES string of the molecule is C[C@@H](Oc1ccc(C(C)(C)C)cc1)C(=O)NCc1cccc(C(F)(F)F)c1. The molecule has 6 heteroatoms. The van der Waals surface area contributed by atoms with E-state index in [1.165, 1.54) is 12.1 Å². The third kappa shape index (κ3) is 6.01. The molecule has 0 radical (unpaired) electrons. The van der Waals surface area contributed by atoms with Crippen molar-refractivity contribution in [3.63, 3.8) is 0 Å². The number of rotatable bonds is 5. The molecule has 0 saturated carbocycles. The summed E-state index contributed by atoms with van der Waals surface area (Å²) in [4.78, 5) is 12.2. The maximum absolute atomic E-state index is 12.7. The van der Waals surface area contributed by atoms with Crippen molar-refractivity contribution < 1.29 is 22.7 Å². The highest BCUT2D eigenvalue weighted by molar-refractivity contribution is 5.80. The molecule has 0 heterocycles. The van der Waals surface area contributed by atoms with E-state index >= 15 is 0 Å². The average molecular weight is 379 g/mol. The minimum atomic E-state index is -4.41. The number of benzene rings is 2. The van der Waals surface area contributed by atoms with Crippen LogP contribution in [0.2, 0.25) is 0 Å². The number of alkyl halides is 3. The highest BCUT2D eigenvalue weighted by Gasteiger charge is 2.30. The standard InChI is InChI=1S/C21H24F3NO2/c1-14(27-18-10-8-16(9-11-18)20(2,3)4)19(26)25-13-15-6-5-7-17(12-15)21(22,23)24/h5-12,14H,13H2,1-4H3,(H,25,26)/t14-/m1/s1. The summed E-state index contributed by atoms with van der Waals surface area (Å²) in [6, 6.07) is 12.4. The van der Waals surface area contributed by atoms with Crippen molar-refractivity contribution in [2.75, 3.05) is 0 Å². The van der Waals surface area contributed by atoms with E-state index in [9.17, 15) is 18.0 Å². The summed E-state index contributed by atoms with van der Waals surface area (Å²) in [5, 5.41) is 2.60. The van der Waals surface area contributed by atoms with E-state index in [1.807, 2.05) is 12.1 Å². The Bertz CT molecular complexity index is 777. The van der Waals surface area contributed by atoms with Crippen LogP contribution in [0.15, 0.2) is 48.5 Å². The fourth-order valence-corrected chi connectivity index (χ4v) is 2.48. The topological polar surface area (TPSA) is 38.3 Å². The van der Waals surface area contributed by atoms with Crippen molar-refractivity contribution in [2.24, 2.45) is 0 Å². The van der Waals surface area contributed by atoms with Crippen molar-refractivity contribution in [3.8, 4) is 5.75 Å². The maximum atomic E-state index is 12.7. The summed E-state index contributed by atoms with van der Waals surface area (Å²) in [6.45, 7) is 7.91. The van der Waals surface area contributed by atoms with Gasteiger partial charge in [0, 0.05) is 6.54 Å². The minimum absolute atomic E-state index is 0.000580. The predicted molar refractivity (Wildman–Crippen MR) is 98.5 cm³/mol. The summed E-state index contributed by atoms with van der Waals surface area (Å²) in [7, 11) is 0. The maximum Gasteiger partial charge on any atom is 0.416 e. The molecule has 27 heavy (non-hydrogen) atoms. The van der Waals surface area contributed by atoms with Gasteiger partial charge in [-0.25, -0.2) is 0 Å². The van der Waals surface area contributed by atoms with Gasteiger partial charge in [-0.05, 0) is 47.7 Å². The number of amides is 1. The minimum Gasteiger partial charge on any atom is -0.481 e. The lowest BCUT2D eigenvalue weighted by Gasteiger charge is -2.20. The van der Waals surface area contributed by atoms with Gasteiger partial charge in [0.15, 0.2) is 6.10 Å². The van der Waals surface area contributed by atoms with Gasteiger partial charge in [-0.15, -0.1) is 0 Å². The smallest absolute Gasteiger partial charge is 0.416 e. The van der Waals surface area contributed by atoms with Crippen LogP contribution in [0, 0.1) is 0 Å². The molecule has 3 nitrogen and oxygen atoms in total. The molecule has 0 aliphatic carbocycles. The van der Waals surface area contributed by atoms with E-state index in [1.54, 1.807) is 19.1 Å². The van der Waals surface area contributed by atoms with E-state index in [-0.39, 0.29) is 12.0 Å². The largest absolute Gasteiger partial charge is 0.481 e. The Hall–Kier alpha value is -2.50. The molecule has 1 N–H and O–H groups in total. The lowest BCUT2D eigenvalue weighted by molar-refractivity contribution is -0.137. The zero-order chi connectivity index (χ0) is 20.2. The molecule has 146 valence electrons. The summed E-state index contributed by atoms with van der Waals surface area (Å²) in [5.41, 5.74) is 0.806. The van der Waals surface area contributed by atoms with E-state index in [4.69, 9.17) is 4.74 Å². The Labute approximate surface area is 157 Å². The fraction of sp³-hybridized carbons (Fsp3) is 0.381. The quantitative estimate of drug-likeness (QED) is 0.786. The van der Waals surface area contributed by atoms with E-state index in [0.29, 0.717) is 11.3 Å². The normalized spacial score (nSPS) is 13.1. The Kier molecular flexibility index (Phi) is 6.19. The third-order valence-corrected chi connectivity index (χ3v) is 4.12. The zero-order valence-corrected chi connectivity index (χ0v) is 15.9. The van der Waals surface area contributed by atoms with Crippen LogP contribution in [0.1, 0.15) is 44.4 Å². The number of hydrogen-bond acceptors (Lipinski definition) is 2. The molecule has 2 aromatic rings. The van der Waals surface area contributed by atoms with Gasteiger partial charge in [-0.2, -0.15) is 13.2 Å². The highest BCUT2D eigenvalue weighted by Crippen LogP contribution is 2.29. The average Bonchev–Trinajstić information content (AvgIpc) is 2.59. The van der Waals surface area contributed by atoms with Gasteiger partial charge >= 0.3 is 6.18 Å². The Morgan fingerprint density at radius 1 is 1.04 bits per heavy atom. The van der Waals surface area contributed by atoms with Crippen molar-refractivity contribution in [1.29, 1.82) is 0 Å². The lowest BCUT2D eigenvalue weighted by Crippen LogP contribution is -2.35. The lowest BCUT2D eigenvalue weighted by atomic mass is 9.87. The molecule has 0 aliphatic heterocycles. The molecule has 2 aromatic carbocycles. The molecule has 0 fully saturated rings. The first-order chi connectivity index (χ1) is 12.5. The van der Waals surface area contributed by atoms with Crippen LogP contribution in [0.5, 0.6) is 5.75 Å². The van der Waals surface area contributed by atoms with Crippen LogP contribution < -0.4 is 10.1 Å². The van der Waals surface area contributed by atoms with E-state index in [0.717, 1.165) is 17.7 Å². The summed E-state index contributed by atoms with van der Waals surface area (Å²) < 4.78 is 43.8. The number of hydrogen-bond donors (Lipinski definition) is 1. The first-order valence-electron chi connectivity index (χ1n) is 8.68. The predicted octanol–water partition coefficient (Wildman–Crippen LogP) is 5.09. The second-order valence-corrected chi connectivity index (χ2v) is 7.45. The number of halogens is 3. The molecular weight excluding hydrogens is 355 g/mol. The van der Waals surface area contributed by atoms with Gasteiger partial charge in [0.05, 0.1) is 5.56 Å². The molecule has 0 aromatic heterocycles. The van der Waals surface area contributed by atoms with E-state index in [2.05, 4.69) is 26.1 Å². The molecule has 0 unspecified atom stereocenters. The van der Waals surface area contributed by atoms with Gasteiger partial charge < -0.3 is 10.1 Å². The molecule has 0 aliphatic rings. The number of carbonyl (C=O) groups excluding carboxylic acids is 1. The second-order valence-electron chi connectivity index (χ2n) is 7.45. The van der Waals surface area contributed by atoms with Crippen molar-refractivity contribution >= 4 is 5.91 Å². The number of carbonyl (C=O) groups is 1. The van der Waals surface area contributed by atoms with Gasteiger partial charge in [0.2, 0.25) is 0 Å². The number of ether oxygens (including phenoxy) is 1. The van der Waals surface area contributed by atoms with Crippen LogP contribution >= 0.6 is 0 Å². The highest BCUT2D eigenvalue weighted by atomic mass is 19.4. The van der Waals surface area contributed by atoms with Crippen LogP contribution in [-0.4, -0.2) is 12.0 Å². The first-order valence-corrected chi connectivity index (χ1v) is 8.68. The monoisotopic (exact) mass is 379 g/mol. The van der Waals surface area contributed by atoms with Gasteiger partial charge in [-0.3, -0.25) is 4.79 Å². The van der Waals surface area contributed by atoms with Crippen molar-refractivity contribution in [2.45, 2.75) is 51.9 Å². The zero-order valence-electron chi connectivity index (χ0n) is 15.9. The van der Waals surface area contributed by atoms with E-state index < -0.39 is 23.8 Å². The summed E-state index contributed by atoms with van der Waals surface area (Å²) in [5.74, 6) is 0.164. The number of nitrogens with one attached hydrogen (secondary N) is 1. The molecule has 0 bridgehead atoms. The van der Waals surface area contributed by atoms with Gasteiger partial charge in [-0.1, -0.05) is 45.0 Å². The summed E-state index contributed by atoms with van der Waals surface area (Å²) >= 11 is 0. The van der Waals surface area contributed by atoms with Crippen LogP contribution in [0.25, 0.3) is 0 Å². The van der Waals surface area contributed by atoms with Crippen LogP contribution in [-0.2, 0) is 22.9 Å². The van der Waals surface area contributed by atoms with Crippen LogP contribution in [0.3, 0.4) is 0 Å². The van der Waals surface area contributed by atoms with Gasteiger partial charge in [0.25, 0.3) is 5.91 Å². The molecular formula is C21H24F3NO2. The van der Waals surface area contributed by atoms with Crippen molar-refractivity contribution in [3.05, 3.63) is 65.2 Å². The van der Waals surface area contributed by atoms with Gasteiger partial charge in [0.1, 0.15) is 5.75 Å². The molecule has 1 atom stereocenters. The first kappa shape index (κ1) is 20.8.